The smallest absolute Gasteiger partial charge is 0.325 e. The van der Waals surface area contributed by atoms with E-state index in [0.717, 1.165) is 4.90 Å². The number of carbonyl (C=O) groups excluding carboxylic acids is 3. The van der Waals surface area contributed by atoms with Gasteiger partial charge in [-0.15, -0.1) is 0 Å². The van der Waals surface area contributed by atoms with Crippen LogP contribution < -0.4 is 15.5 Å². The van der Waals surface area contributed by atoms with Crippen molar-refractivity contribution in [2.24, 2.45) is 5.41 Å². The van der Waals surface area contributed by atoms with E-state index in [1.54, 1.807) is 24.3 Å². The fourth-order valence-corrected chi connectivity index (χ4v) is 3.02. The average Bonchev–Trinajstić information content (AvgIpc) is 2.91. The Morgan fingerprint density at radius 2 is 1.96 bits per heavy atom. The van der Waals surface area contributed by atoms with E-state index >= 15 is 0 Å². The molecule has 140 valence electrons. The van der Waals surface area contributed by atoms with Gasteiger partial charge < -0.3 is 10.6 Å². The lowest BCUT2D eigenvalue weighted by atomic mass is 9.87. The summed E-state index contributed by atoms with van der Waals surface area (Å²) in [4.78, 5) is 42.2. The first-order chi connectivity index (χ1) is 12.7. The van der Waals surface area contributed by atoms with Gasteiger partial charge in [0.2, 0.25) is 0 Å². The molecule has 4 amide bonds. The van der Waals surface area contributed by atoms with Crippen molar-refractivity contribution in [2.45, 2.75) is 26.8 Å². The van der Waals surface area contributed by atoms with Crippen LogP contribution in [0.5, 0.6) is 0 Å². The number of hydrogen-bond donors (Lipinski definition) is 2. The van der Waals surface area contributed by atoms with E-state index in [0.29, 0.717) is 5.69 Å². The van der Waals surface area contributed by atoms with Gasteiger partial charge in [0.05, 0.1) is 10.7 Å². The molecular formula is C19H19ClN4O3. The first-order valence-electron chi connectivity index (χ1n) is 8.35. The molecule has 0 spiro atoms. The molecule has 1 aromatic carbocycles. The second-order valence-electron chi connectivity index (χ2n) is 7.26. The second kappa shape index (κ2) is 7.00. The Labute approximate surface area is 161 Å². The number of nitrogens with one attached hydrogen (secondary N) is 2. The number of nitrogens with zero attached hydrogens (tertiary/aromatic N) is 2. The van der Waals surface area contributed by atoms with Crippen molar-refractivity contribution in [3.05, 3.63) is 53.3 Å². The van der Waals surface area contributed by atoms with E-state index in [9.17, 15) is 14.4 Å². The maximum Gasteiger partial charge on any atom is 0.329 e. The summed E-state index contributed by atoms with van der Waals surface area (Å²) in [6.45, 7) is 5.62. The Hall–Kier alpha value is -2.93. The summed E-state index contributed by atoms with van der Waals surface area (Å²) in [6.07, 6.45) is 1.52. The Balaban J connectivity index is 1.82. The molecule has 2 heterocycles. The molecule has 1 aliphatic heterocycles. The van der Waals surface area contributed by atoms with Crippen molar-refractivity contribution in [3.63, 3.8) is 0 Å². The number of halogens is 1. The van der Waals surface area contributed by atoms with Crippen LogP contribution in [0, 0.1) is 5.41 Å². The van der Waals surface area contributed by atoms with E-state index in [1.165, 1.54) is 18.3 Å². The molecule has 1 saturated heterocycles. The van der Waals surface area contributed by atoms with Gasteiger partial charge in [-0.05, 0) is 35.7 Å². The molecule has 0 bridgehead atoms. The molecule has 0 unspecified atom stereocenters. The maximum absolute atomic E-state index is 12.7. The molecule has 7 nitrogen and oxygen atoms in total. The zero-order valence-corrected chi connectivity index (χ0v) is 15.9. The normalized spacial score (nSPS) is 17.0. The zero-order valence-electron chi connectivity index (χ0n) is 15.1. The van der Waals surface area contributed by atoms with Crippen LogP contribution in [0.15, 0.2) is 42.6 Å². The summed E-state index contributed by atoms with van der Waals surface area (Å²) in [5, 5.41) is 5.54. The van der Waals surface area contributed by atoms with Crippen molar-refractivity contribution in [3.8, 4) is 0 Å². The van der Waals surface area contributed by atoms with Crippen molar-refractivity contribution >= 4 is 40.8 Å². The van der Waals surface area contributed by atoms with Crippen LogP contribution in [0.1, 0.15) is 31.3 Å². The Bertz CT molecular complexity index is 909. The number of rotatable bonds is 3. The Morgan fingerprint density at radius 1 is 1.22 bits per heavy atom. The third kappa shape index (κ3) is 3.78. The molecule has 27 heavy (non-hydrogen) atoms. The molecule has 8 heteroatoms. The number of amides is 4. The monoisotopic (exact) mass is 386 g/mol. The number of pyridine rings is 1. The summed E-state index contributed by atoms with van der Waals surface area (Å²) in [5.41, 5.74) is 0.533. The number of aromatic nitrogens is 1. The lowest BCUT2D eigenvalue weighted by Gasteiger charge is -2.24. The van der Waals surface area contributed by atoms with Gasteiger partial charge in [0.25, 0.3) is 11.8 Å². The van der Waals surface area contributed by atoms with Crippen molar-refractivity contribution in [1.29, 1.82) is 0 Å². The van der Waals surface area contributed by atoms with Gasteiger partial charge >= 0.3 is 6.03 Å². The quantitative estimate of drug-likeness (QED) is 0.790. The highest BCUT2D eigenvalue weighted by molar-refractivity contribution is 6.36. The molecule has 0 saturated carbocycles. The second-order valence-corrected chi connectivity index (χ2v) is 7.66. The predicted octanol–water partition coefficient (Wildman–Crippen LogP) is 3.46. The molecule has 1 aliphatic rings. The van der Waals surface area contributed by atoms with Crippen molar-refractivity contribution < 1.29 is 14.4 Å². The fourth-order valence-electron chi connectivity index (χ4n) is 2.75. The predicted molar refractivity (Wildman–Crippen MR) is 103 cm³/mol. The van der Waals surface area contributed by atoms with Crippen LogP contribution in [0.4, 0.5) is 16.2 Å². The summed E-state index contributed by atoms with van der Waals surface area (Å²) in [5.74, 6) is -0.748. The summed E-state index contributed by atoms with van der Waals surface area (Å²) >= 11 is 6.29. The summed E-state index contributed by atoms with van der Waals surface area (Å²) < 4.78 is 0. The van der Waals surface area contributed by atoms with Gasteiger partial charge in [0.15, 0.2) is 0 Å². The van der Waals surface area contributed by atoms with Gasteiger partial charge in [-0.1, -0.05) is 38.4 Å². The molecule has 1 aromatic heterocycles. The number of carbonyl (C=O) groups is 3. The fraction of sp³-hybridized carbons (Fsp3) is 0.263. The highest BCUT2D eigenvalue weighted by atomic mass is 35.5. The minimum absolute atomic E-state index is 0.173. The molecular weight excluding hydrogens is 368 g/mol. The minimum Gasteiger partial charge on any atom is -0.325 e. The number of anilines is 2. The van der Waals surface area contributed by atoms with Crippen LogP contribution in [-0.4, -0.2) is 28.9 Å². The molecule has 2 N–H and O–H groups in total. The third-order valence-corrected chi connectivity index (χ3v) is 4.45. The SMILES string of the molecule is CC(C)(C)[C@@H]1NC(=O)N(c2ccc(NC(=O)c3ccccn3)cc2Cl)C1=O. The third-order valence-electron chi connectivity index (χ3n) is 4.15. The first kappa shape index (κ1) is 18.8. The molecule has 2 aromatic rings. The highest BCUT2D eigenvalue weighted by Gasteiger charge is 2.45. The van der Waals surface area contributed by atoms with Crippen LogP contribution in [0.3, 0.4) is 0 Å². The van der Waals surface area contributed by atoms with Crippen LogP contribution in [-0.2, 0) is 4.79 Å². The van der Waals surface area contributed by atoms with Crippen LogP contribution in [0.25, 0.3) is 0 Å². The largest absolute Gasteiger partial charge is 0.329 e. The van der Waals surface area contributed by atoms with Crippen LogP contribution >= 0.6 is 11.6 Å². The van der Waals surface area contributed by atoms with Gasteiger partial charge in [0.1, 0.15) is 11.7 Å². The van der Waals surface area contributed by atoms with Gasteiger partial charge in [-0.3, -0.25) is 14.6 Å². The van der Waals surface area contributed by atoms with Crippen molar-refractivity contribution in [2.75, 3.05) is 10.2 Å². The average molecular weight is 387 g/mol. The standard InChI is InChI=1S/C19H19ClN4O3/c1-19(2,3)15-17(26)24(18(27)23-15)14-8-7-11(10-12(14)20)22-16(25)13-6-4-5-9-21-13/h4-10,15H,1-3H3,(H,22,25)(H,23,27)/t15-/m1/s1. The lowest BCUT2D eigenvalue weighted by Crippen LogP contribution is -2.41. The van der Waals surface area contributed by atoms with E-state index in [2.05, 4.69) is 15.6 Å². The van der Waals surface area contributed by atoms with E-state index in [1.807, 2.05) is 20.8 Å². The zero-order chi connectivity index (χ0) is 19.8. The number of benzene rings is 1. The van der Waals surface area contributed by atoms with E-state index in [-0.39, 0.29) is 28.2 Å². The molecule has 3 rings (SSSR count). The summed E-state index contributed by atoms with van der Waals surface area (Å²) in [6, 6.07) is 8.45. The molecule has 1 fully saturated rings. The highest BCUT2D eigenvalue weighted by Crippen LogP contribution is 2.34. The molecule has 0 radical (unpaired) electrons. The molecule has 0 aliphatic carbocycles. The number of hydrogen-bond acceptors (Lipinski definition) is 4. The van der Waals surface area contributed by atoms with Crippen LogP contribution in [0.2, 0.25) is 5.02 Å². The minimum atomic E-state index is -0.635. The lowest BCUT2D eigenvalue weighted by molar-refractivity contribution is -0.120. The van der Waals surface area contributed by atoms with E-state index in [4.69, 9.17) is 11.6 Å². The Morgan fingerprint density at radius 3 is 2.52 bits per heavy atom. The van der Waals surface area contributed by atoms with Gasteiger partial charge in [-0.2, -0.15) is 0 Å². The maximum atomic E-state index is 12.7. The first-order valence-corrected chi connectivity index (χ1v) is 8.72. The van der Waals surface area contributed by atoms with Gasteiger partial charge in [-0.25, -0.2) is 9.69 Å². The Kier molecular flexibility index (Phi) is 4.89. The number of urea groups is 1. The summed E-state index contributed by atoms with van der Waals surface area (Å²) in [7, 11) is 0. The van der Waals surface area contributed by atoms with E-state index < -0.39 is 17.5 Å². The van der Waals surface area contributed by atoms with Crippen molar-refractivity contribution in [1.82, 2.24) is 10.3 Å². The number of imide groups is 1. The topological polar surface area (TPSA) is 91.4 Å². The van der Waals surface area contributed by atoms with Gasteiger partial charge in [0, 0.05) is 11.9 Å². The molecule has 1 atom stereocenters.